The molecule has 1 unspecified atom stereocenters. The van der Waals surface area contributed by atoms with E-state index in [1.54, 1.807) is 23.5 Å². The van der Waals surface area contributed by atoms with Crippen LogP contribution in [0.3, 0.4) is 0 Å². The van der Waals surface area contributed by atoms with Crippen LogP contribution in [0, 0.1) is 5.82 Å². The van der Waals surface area contributed by atoms with Crippen molar-refractivity contribution >= 4 is 22.9 Å². The zero-order valence-corrected chi connectivity index (χ0v) is 12.4. The molecule has 0 spiro atoms. The standard InChI is InChI=1S/C15H17ClFNS/c1-2-6-18-15(12-5-7-19-10-12)8-11-3-4-13(16)9-14(11)17/h3-5,7,9-10,15,18H,2,6,8H2,1H3. The average molecular weight is 298 g/mol. The minimum Gasteiger partial charge on any atom is -0.310 e. The SMILES string of the molecule is CCCNC(Cc1ccc(Cl)cc1F)c1ccsc1. The molecule has 0 fully saturated rings. The molecule has 1 atom stereocenters. The van der Waals surface area contributed by atoms with Gasteiger partial charge in [0.05, 0.1) is 0 Å². The van der Waals surface area contributed by atoms with Crippen LogP contribution in [0.5, 0.6) is 0 Å². The van der Waals surface area contributed by atoms with Crippen LogP contribution in [0.25, 0.3) is 0 Å². The Bertz CT molecular complexity index is 513. The molecule has 1 aromatic carbocycles. The van der Waals surface area contributed by atoms with E-state index in [2.05, 4.69) is 23.7 Å². The van der Waals surface area contributed by atoms with E-state index < -0.39 is 0 Å². The van der Waals surface area contributed by atoms with Crippen LogP contribution in [0.15, 0.2) is 35.0 Å². The lowest BCUT2D eigenvalue weighted by molar-refractivity contribution is 0.514. The van der Waals surface area contributed by atoms with Crippen molar-refractivity contribution in [3.8, 4) is 0 Å². The number of nitrogens with one attached hydrogen (secondary N) is 1. The molecular weight excluding hydrogens is 281 g/mol. The lowest BCUT2D eigenvalue weighted by atomic mass is 10.0. The molecule has 0 aliphatic rings. The lowest BCUT2D eigenvalue weighted by Gasteiger charge is -2.18. The molecule has 0 saturated heterocycles. The minimum atomic E-state index is -0.231. The topological polar surface area (TPSA) is 12.0 Å². The van der Waals surface area contributed by atoms with Crippen LogP contribution in [0.1, 0.15) is 30.5 Å². The monoisotopic (exact) mass is 297 g/mol. The predicted octanol–water partition coefficient (Wildman–Crippen LogP) is 4.82. The third-order valence-electron chi connectivity index (χ3n) is 3.03. The summed E-state index contributed by atoms with van der Waals surface area (Å²) in [4.78, 5) is 0. The molecule has 4 heteroatoms. The molecule has 1 N–H and O–H groups in total. The van der Waals surface area contributed by atoms with E-state index in [-0.39, 0.29) is 11.9 Å². The van der Waals surface area contributed by atoms with Gasteiger partial charge in [-0.1, -0.05) is 24.6 Å². The van der Waals surface area contributed by atoms with Gasteiger partial charge < -0.3 is 5.32 Å². The highest BCUT2D eigenvalue weighted by atomic mass is 35.5. The van der Waals surface area contributed by atoms with Crippen molar-refractivity contribution in [2.75, 3.05) is 6.54 Å². The van der Waals surface area contributed by atoms with Crippen LogP contribution in [-0.4, -0.2) is 6.54 Å². The first-order chi connectivity index (χ1) is 9.20. The van der Waals surface area contributed by atoms with Gasteiger partial charge in [0.1, 0.15) is 5.82 Å². The largest absolute Gasteiger partial charge is 0.310 e. The summed E-state index contributed by atoms with van der Waals surface area (Å²) in [5.41, 5.74) is 1.91. The molecule has 0 amide bonds. The summed E-state index contributed by atoms with van der Waals surface area (Å²) in [5.74, 6) is -0.231. The number of rotatable bonds is 6. The van der Waals surface area contributed by atoms with Crippen molar-refractivity contribution in [1.29, 1.82) is 0 Å². The molecule has 2 aromatic rings. The van der Waals surface area contributed by atoms with Gasteiger partial charge in [0, 0.05) is 11.1 Å². The molecule has 0 aliphatic heterocycles. The van der Waals surface area contributed by atoms with Crippen LogP contribution in [0.4, 0.5) is 4.39 Å². The van der Waals surface area contributed by atoms with Gasteiger partial charge in [0.2, 0.25) is 0 Å². The maximum Gasteiger partial charge on any atom is 0.127 e. The van der Waals surface area contributed by atoms with E-state index in [0.717, 1.165) is 13.0 Å². The Morgan fingerprint density at radius 2 is 2.21 bits per heavy atom. The van der Waals surface area contributed by atoms with Crippen molar-refractivity contribution in [3.63, 3.8) is 0 Å². The van der Waals surface area contributed by atoms with Gasteiger partial charge in [0.15, 0.2) is 0 Å². The van der Waals surface area contributed by atoms with Gasteiger partial charge in [-0.15, -0.1) is 0 Å². The summed E-state index contributed by atoms with van der Waals surface area (Å²) in [6, 6.07) is 7.13. The quantitative estimate of drug-likeness (QED) is 0.806. The first kappa shape index (κ1) is 14.5. The number of thiophene rings is 1. The fourth-order valence-corrected chi connectivity index (χ4v) is 2.88. The van der Waals surface area contributed by atoms with E-state index in [1.807, 2.05) is 5.38 Å². The first-order valence-electron chi connectivity index (χ1n) is 6.40. The van der Waals surface area contributed by atoms with Gasteiger partial charge >= 0.3 is 0 Å². The van der Waals surface area contributed by atoms with Crippen LogP contribution < -0.4 is 5.32 Å². The highest BCUT2D eigenvalue weighted by Gasteiger charge is 2.14. The average Bonchev–Trinajstić information content (AvgIpc) is 2.90. The third-order valence-corrected chi connectivity index (χ3v) is 3.96. The highest BCUT2D eigenvalue weighted by Crippen LogP contribution is 2.23. The number of halogens is 2. The number of benzene rings is 1. The molecule has 0 radical (unpaired) electrons. The Labute approximate surface area is 122 Å². The van der Waals surface area contributed by atoms with Gasteiger partial charge in [-0.3, -0.25) is 0 Å². The molecule has 102 valence electrons. The normalized spacial score (nSPS) is 12.6. The maximum absolute atomic E-state index is 13.9. The van der Waals surface area contributed by atoms with Gasteiger partial charge in [0.25, 0.3) is 0 Å². The summed E-state index contributed by atoms with van der Waals surface area (Å²) in [6.07, 6.45) is 1.70. The summed E-state index contributed by atoms with van der Waals surface area (Å²) in [6.45, 7) is 3.05. The molecule has 1 aromatic heterocycles. The summed E-state index contributed by atoms with van der Waals surface area (Å²) >= 11 is 7.45. The molecule has 0 bridgehead atoms. The van der Waals surface area contributed by atoms with Crippen molar-refractivity contribution in [2.24, 2.45) is 0 Å². The Hall–Kier alpha value is -0.900. The maximum atomic E-state index is 13.9. The molecule has 19 heavy (non-hydrogen) atoms. The Morgan fingerprint density at radius 1 is 1.37 bits per heavy atom. The molecule has 0 aliphatic carbocycles. The Kier molecular flexibility index (Phi) is 5.37. The zero-order valence-electron chi connectivity index (χ0n) is 10.8. The summed E-state index contributed by atoms with van der Waals surface area (Å²) in [7, 11) is 0. The fraction of sp³-hybridized carbons (Fsp3) is 0.333. The third kappa shape index (κ3) is 4.03. The molecule has 1 nitrogen and oxygen atoms in total. The number of hydrogen-bond acceptors (Lipinski definition) is 2. The fourth-order valence-electron chi connectivity index (χ4n) is 2.01. The summed E-state index contributed by atoms with van der Waals surface area (Å²) < 4.78 is 13.9. The Balaban J connectivity index is 2.15. The second kappa shape index (κ2) is 7.04. The molecular formula is C15H17ClFNS. The lowest BCUT2D eigenvalue weighted by Crippen LogP contribution is -2.24. The van der Waals surface area contributed by atoms with Crippen LogP contribution in [-0.2, 0) is 6.42 Å². The Morgan fingerprint density at radius 3 is 2.84 bits per heavy atom. The van der Waals surface area contributed by atoms with Crippen LogP contribution in [0.2, 0.25) is 5.02 Å². The second-order valence-electron chi connectivity index (χ2n) is 4.50. The van der Waals surface area contributed by atoms with Crippen molar-refractivity contribution in [1.82, 2.24) is 5.32 Å². The molecule has 2 rings (SSSR count). The highest BCUT2D eigenvalue weighted by molar-refractivity contribution is 7.07. The van der Waals surface area contributed by atoms with Crippen LogP contribution >= 0.6 is 22.9 Å². The van der Waals surface area contributed by atoms with Crippen molar-refractivity contribution < 1.29 is 4.39 Å². The van der Waals surface area contributed by atoms with E-state index in [4.69, 9.17) is 11.6 Å². The minimum absolute atomic E-state index is 0.155. The smallest absolute Gasteiger partial charge is 0.127 e. The second-order valence-corrected chi connectivity index (χ2v) is 5.72. The van der Waals surface area contributed by atoms with E-state index >= 15 is 0 Å². The van der Waals surface area contributed by atoms with Gasteiger partial charge in [-0.2, -0.15) is 11.3 Å². The van der Waals surface area contributed by atoms with Gasteiger partial charge in [-0.05, 0) is 59.5 Å². The van der Waals surface area contributed by atoms with E-state index in [9.17, 15) is 4.39 Å². The van der Waals surface area contributed by atoms with Crippen molar-refractivity contribution in [3.05, 3.63) is 57.0 Å². The van der Waals surface area contributed by atoms with Crippen molar-refractivity contribution in [2.45, 2.75) is 25.8 Å². The molecule has 1 heterocycles. The number of hydrogen-bond donors (Lipinski definition) is 1. The zero-order chi connectivity index (χ0) is 13.7. The summed E-state index contributed by atoms with van der Waals surface area (Å²) in [5, 5.41) is 8.07. The van der Waals surface area contributed by atoms with E-state index in [0.29, 0.717) is 17.0 Å². The predicted molar refractivity (Wildman–Crippen MR) is 80.5 cm³/mol. The molecule has 0 saturated carbocycles. The first-order valence-corrected chi connectivity index (χ1v) is 7.72. The van der Waals surface area contributed by atoms with E-state index in [1.165, 1.54) is 11.6 Å². The van der Waals surface area contributed by atoms with Gasteiger partial charge in [-0.25, -0.2) is 4.39 Å².